The van der Waals surface area contributed by atoms with Crippen molar-refractivity contribution in [2.75, 3.05) is 7.05 Å². The quantitative estimate of drug-likeness (QED) is 0.889. The molecule has 2 nitrogen and oxygen atoms in total. The second-order valence-electron chi connectivity index (χ2n) is 4.61. The molecule has 0 radical (unpaired) electrons. The molecule has 0 aliphatic rings. The molecule has 0 heterocycles. The predicted molar refractivity (Wildman–Crippen MR) is 80.2 cm³/mol. The molecule has 2 rings (SSSR count). The number of rotatable bonds is 4. The van der Waals surface area contributed by atoms with Gasteiger partial charge in [-0.05, 0) is 50.2 Å². The van der Waals surface area contributed by atoms with Crippen LogP contribution in [0.4, 0.5) is 0 Å². The number of ether oxygens (including phenoxy) is 1. The molecule has 19 heavy (non-hydrogen) atoms. The highest BCUT2D eigenvalue weighted by Crippen LogP contribution is 2.33. The van der Waals surface area contributed by atoms with Crippen LogP contribution in [0, 0.1) is 13.8 Å². The molecule has 0 aromatic heterocycles. The lowest BCUT2D eigenvalue weighted by Crippen LogP contribution is -2.06. The molecule has 0 atom stereocenters. The van der Waals surface area contributed by atoms with Gasteiger partial charge in [-0.1, -0.05) is 29.8 Å². The minimum absolute atomic E-state index is 0.631. The van der Waals surface area contributed by atoms with Crippen LogP contribution < -0.4 is 10.1 Å². The van der Waals surface area contributed by atoms with E-state index in [0.29, 0.717) is 5.02 Å². The van der Waals surface area contributed by atoms with Gasteiger partial charge in [0.25, 0.3) is 0 Å². The summed E-state index contributed by atoms with van der Waals surface area (Å²) in [5.41, 5.74) is 3.51. The minimum atomic E-state index is 0.631. The molecule has 0 bridgehead atoms. The number of halogens is 1. The number of hydrogen-bond donors (Lipinski definition) is 1. The van der Waals surface area contributed by atoms with Gasteiger partial charge in [-0.3, -0.25) is 0 Å². The largest absolute Gasteiger partial charge is 0.455 e. The minimum Gasteiger partial charge on any atom is -0.455 e. The zero-order valence-corrected chi connectivity index (χ0v) is 12.2. The van der Waals surface area contributed by atoms with Crippen molar-refractivity contribution < 1.29 is 4.74 Å². The van der Waals surface area contributed by atoms with Crippen molar-refractivity contribution in [2.45, 2.75) is 20.4 Å². The van der Waals surface area contributed by atoms with Crippen molar-refractivity contribution in [3.63, 3.8) is 0 Å². The Hall–Kier alpha value is -1.51. The molecule has 2 aromatic rings. The second-order valence-corrected chi connectivity index (χ2v) is 5.01. The maximum Gasteiger partial charge on any atom is 0.150 e. The van der Waals surface area contributed by atoms with E-state index in [1.165, 1.54) is 11.1 Å². The van der Waals surface area contributed by atoms with Crippen LogP contribution >= 0.6 is 11.6 Å². The molecule has 0 saturated carbocycles. The summed E-state index contributed by atoms with van der Waals surface area (Å²) >= 11 is 6.23. The van der Waals surface area contributed by atoms with Crippen LogP contribution in [0.15, 0.2) is 36.4 Å². The first-order valence-electron chi connectivity index (χ1n) is 6.29. The first-order chi connectivity index (χ1) is 9.11. The normalized spacial score (nSPS) is 10.5. The highest BCUT2D eigenvalue weighted by atomic mass is 35.5. The van der Waals surface area contributed by atoms with E-state index in [1.54, 1.807) is 0 Å². The van der Waals surface area contributed by atoms with E-state index in [2.05, 4.69) is 25.2 Å². The fraction of sp³-hybridized carbons (Fsp3) is 0.250. The van der Waals surface area contributed by atoms with Crippen molar-refractivity contribution in [1.29, 1.82) is 0 Å². The molecule has 0 aliphatic heterocycles. The Morgan fingerprint density at radius 3 is 2.58 bits per heavy atom. The van der Waals surface area contributed by atoms with Crippen LogP contribution in [0.2, 0.25) is 5.02 Å². The molecule has 0 unspecified atom stereocenters. The number of nitrogens with one attached hydrogen (secondary N) is 1. The van der Waals surface area contributed by atoms with Crippen molar-refractivity contribution in [3.8, 4) is 11.5 Å². The molecule has 0 spiro atoms. The number of hydrogen-bond acceptors (Lipinski definition) is 2. The molecule has 2 aromatic carbocycles. The van der Waals surface area contributed by atoms with Gasteiger partial charge in [-0.25, -0.2) is 0 Å². The van der Waals surface area contributed by atoms with E-state index in [9.17, 15) is 0 Å². The van der Waals surface area contributed by atoms with Crippen LogP contribution in [0.1, 0.15) is 16.7 Å². The van der Waals surface area contributed by atoms with Gasteiger partial charge >= 0.3 is 0 Å². The van der Waals surface area contributed by atoms with E-state index in [0.717, 1.165) is 23.6 Å². The van der Waals surface area contributed by atoms with Crippen LogP contribution in [0.25, 0.3) is 0 Å². The molecule has 0 aliphatic carbocycles. The summed E-state index contributed by atoms with van der Waals surface area (Å²) in [4.78, 5) is 0. The van der Waals surface area contributed by atoms with Crippen LogP contribution in [0.5, 0.6) is 11.5 Å². The SMILES string of the molecule is CNCc1cccc(Cl)c1Oc1ccc(C)c(C)c1. The molecule has 0 amide bonds. The summed E-state index contributed by atoms with van der Waals surface area (Å²) in [5, 5.41) is 3.75. The zero-order chi connectivity index (χ0) is 13.8. The lowest BCUT2D eigenvalue weighted by molar-refractivity contribution is 0.474. The summed E-state index contributed by atoms with van der Waals surface area (Å²) in [6, 6.07) is 11.8. The van der Waals surface area contributed by atoms with E-state index >= 15 is 0 Å². The Bertz CT molecular complexity index is 581. The fourth-order valence-electron chi connectivity index (χ4n) is 1.89. The van der Waals surface area contributed by atoms with Crippen molar-refractivity contribution in [3.05, 3.63) is 58.1 Å². The summed E-state index contributed by atoms with van der Waals surface area (Å²) in [7, 11) is 1.90. The molecular weight excluding hydrogens is 258 g/mol. The third-order valence-electron chi connectivity index (χ3n) is 3.11. The Morgan fingerprint density at radius 2 is 1.89 bits per heavy atom. The van der Waals surface area contributed by atoms with Gasteiger partial charge in [0.2, 0.25) is 0 Å². The number of aryl methyl sites for hydroxylation is 2. The third-order valence-corrected chi connectivity index (χ3v) is 3.41. The van der Waals surface area contributed by atoms with Crippen LogP contribution in [-0.2, 0) is 6.54 Å². The maximum atomic E-state index is 6.23. The molecular formula is C16H18ClNO. The van der Waals surface area contributed by atoms with Gasteiger partial charge < -0.3 is 10.1 Å². The average molecular weight is 276 g/mol. The maximum absolute atomic E-state index is 6.23. The van der Waals surface area contributed by atoms with Crippen molar-refractivity contribution in [2.24, 2.45) is 0 Å². The van der Waals surface area contributed by atoms with Crippen LogP contribution in [0.3, 0.4) is 0 Å². The first-order valence-corrected chi connectivity index (χ1v) is 6.66. The van der Waals surface area contributed by atoms with E-state index in [-0.39, 0.29) is 0 Å². The monoisotopic (exact) mass is 275 g/mol. The van der Waals surface area contributed by atoms with Gasteiger partial charge in [-0.15, -0.1) is 0 Å². The highest BCUT2D eigenvalue weighted by Gasteiger charge is 2.09. The third kappa shape index (κ3) is 3.28. The lowest BCUT2D eigenvalue weighted by atomic mass is 10.1. The standard InChI is InChI=1S/C16H18ClNO/c1-11-7-8-14(9-12(11)2)19-16-13(10-18-3)5-4-6-15(16)17/h4-9,18H,10H2,1-3H3. The molecule has 0 saturated heterocycles. The molecule has 0 fully saturated rings. The van der Waals surface area contributed by atoms with Gasteiger partial charge in [-0.2, -0.15) is 0 Å². The molecule has 100 valence electrons. The average Bonchev–Trinajstić information content (AvgIpc) is 2.38. The fourth-order valence-corrected chi connectivity index (χ4v) is 2.13. The van der Waals surface area contributed by atoms with Gasteiger partial charge in [0.15, 0.2) is 0 Å². The first kappa shape index (κ1) is 13.9. The summed E-state index contributed by atoms with van der Waals surface area (Å²) < 4.78 is 5.96. The topological polar surface area (TPSA) is 21.3 Å². The Morgan fingerprint density at radius 1 is 1.11 bits per heavy atom. The van der Waals surface area contributed by atoms with E-state index < -0.39 is 0 Å². The number of benzene rings is 2. The smallest absolute Gasteiger partial charge is 0.150 e. The Kier molecular flexibility index (Phi) is 4.46. The molecule has 3 heteroatoms. The lowest BCUT2D eigenvalue weighted by Gasteiger charge is -2.13. The van der Waals surface area contributed by atoms with Crippen LogP contribution in [-0.4, -0.2) is 7.05 Å². The summed E-state index contributed by atoms with van der Waals surface area (Å²) in [6.45, 7) is 4.88. The second kappa shape index (κ2) is 6.09. The number of para-hydroxylation sites is 1. The van der Waals surface area contributed by atoms with Gasteiger partial charge in [0, 0.05) is 12.1 Å². The predicted octanol–water partition coefficient (Wildman–Crippen LogP) is 4.47. The zero-order valence-electron chi connectivity index (χ0n) is 11.5. The van der Waals surface area contributed by atoms with Crippen molar-refractivity contribution >= 4 is 11.6 Å². The Labute approximate surface area is 119 Å². The van der Waals surface area contributed by atoms with Gasteiger partial charge in [0.05, 0.1) is 5.02 Å². The Balaban J connectivity index is 2.34. The van der Waals surface area contributed by atoms with E-state index in [4.69, 9.17) is 16.3 Å². The summed E-state index contributed by atoms with van der Waals surface area (Å²) in [5.74, 6) is 1.54. The highest BCUT2D eigenvalue weighted by molar-refractivity contribution is 6.32. The van der Waals surface area contributed by atoms with Crippen molar-refractivity contribution in [1.82, 2.24) is 5.32 Å². The van der Waals surface area contributed by atoms with E-state index in [1.807, 2.05) is 37.4 Å². The summed E-state index contributed by atoms with van der Waals surface area (Å²) in [6.07, 6.45) is 0. The van der Waals surface area contributed by atoms with Gasteiger partial charge in [0.1, 0.15) is 11.5 Å². The molecule has 1 N–H and O–H groups in total.